The highest BCUT2D eigenvalue weighted by atomic mass is 32.1. The molecule has 1 aliphatic rings. The number of hydrogen-bond acceptors (Lipinski definition) is 6. The van der Waals surface area contributed by atoms with Gasteiger partial charge in [0.1, 0.15) is 18.0 Å². The number of amides is 2. The fraction of sp³-hybridized carbons (Fsp3) is 0.381. The van der Waals surface area contributed by atoms with Crippen molar-refractivity contribution in [2.75, 3.05) is 18.5 Å². The Bertz CT molecular complexity index is 917. The fourth-order valence-electron chi connectivity index (χ4n) is 2.82. The maximum atomic E-state index is 12.7. The molecule has 1 aliphatic heterocycles. The van der Waals surface area contributed by atoms with Crippen LogP contribution in [0.25, 0.3) is 0 Å². The van der Waals surface area contributed by atoms with E-state index in [4.69, 9.17) is 9.47 Å². The van der Waals surface area contributed by atoms with Gasteiger partial charge in [-0.3, -0.25) is 10.1 Å². The van der Waals surface area contributed by atoms with Crippen LogP contribution in [0.2, 0.25) is 0 Å². The lowest BCUT2D eigenvalue weighted by molar-refractivity contribution is 0.0225. The molecule has 0 radical (unpaired) electrons. The number of benzene rings is 1. The summed E-state index contributed by atoms with van der Waals surface area (Å²) in [5.41, 5.74) is 0.796. The van der Waals surface area contributed by atoms with Crippen molar-refractivity contribution in [2.24, 2.45) is 0 Å². The van der Waals surface area contributed by atoms with Crippen LogP contribution in [0.1, 0.15) is 41.7 Å². The Hall–Kier alpha value is -2.87. The number of hydrogen-bond donors (Lipinski definition) is 1. The number of aromatic nitrogens is 1. The first kappa shape index (κ1) is 20.9. The van der Waals surface area contributed by atoms with Crippen molar-refractivity contribution in [3.63, 3.8) is 0 Å². The molecule has 0 bridgehead atoms. The summed E-state index contributed by atoms with van der Waals surface area (Å²) in [5.74, 6) is 0.196. The van der Waals surface area contributed by atoms with Gasteiger partial charge in [-0.1, -0.05) is 36.1 Å². The number of ether oxygens (including phenoxy) is 2. The van der Waals surface area contributed by atoms with Crippen LogP contribution in [0.15, 0.2) is 36.9 Å². The van der Waals surface area contributed by atoms with E-state index in [1.165, 1.54) is 11.3 Å². The molecule has 0 unspecified atom stereocenters. The molecule has 1 aromatic heterocycles. The lowest BCUT2D eigenvalue weighted by Crippen LogP contribution is -2.39. The summed E-state index contributed by atoms with van der Waals surface area (Å²) in [4.78, 5) is 32.2. The van der Waals surface area contributed by atoms with Crippen molar-refractivity contribution in [1.82, 2.24) is 9.88 Å². The number of para-hydroxylation sites is 1. The number of fused-ring (bicyclic) bond motifs is 1. The summed E-state index contributed by atoms with van der Waals surface area (Å²) in [6, 6.07) is 7.03. The molecule has 0 saturated carbocycles. The Morgan fingerprint density at radius 2 is 2.10 bits per heavy atom. The Kier molecular flexibility index (Phi) is 6.22. The molecule has 29 heavy (non-hydrogen) atoms. The van der Waals surface area contributed by atoms with Crippen LogP contribution in [-0.2, 0) is 17.7 Å². The highest BCUT2D eigenvalue weighted by Crippen LogP contribution is 2.30. The van der Waals surface area contributed by atoms with E-state index in [0.717, 1.165) is 10.6 Å². The Labute approximate surface area is 174 Å². The van der Waals surface area contributed by atoms with Crippen molar-refractivity contribution in [3.8, 4) is 5.75 Å². The van der Waals surface area contributed by atoms with E-state index in [-0.39, 0.29) is 12.0 Å². The second kappa shape index (κ2) is 8.65. The molecule has 2 heterocycles. The van der Waals surface area contributed by atoms with Crippen molar-refractivity contribution < 1.29 is 19.1 Å². The molecule has 2 amide bonds. The topological polar surface area (TPSA) is 80.8 Å². The average molecular weight is 416 g/mol. The second-order valence-corrected chi connectivity index (χ2v) is 8.67. The summed E-state index contributed by atoms with van der Waals surface area (Å²) >= 11 is 1.37. The number of nitrogens with one attached hydrogen (secondary N) is 1. The summed E-state index contributed by atoms with van der Waals surface area (Å²) in [6.07, 6.45) is 1.91. The fourth-order valence-corrected chi connectivity index (χ4v) is 3.84. The van der Waals surface area contributed by atoms with Crippen LogP contribution in [0.3, 0.4) is 0 Å². The molecule has 2 aromatic rings. The van der Waals surface area contributed by atoms with Gasteiger partial charge in [0.2, 0.25) is 0 Å². The van der Waals surface area contributed by atoms with E-state index in [2.05, 4.69) is 16.9 Å². The predicted molar refractivity (Wildman–Crippen MR) is 113 cm³/mol. The zero-order valence-corrected chi connectivity index (χ0v) is 17.7. The highest BCUT2D eigenvalue weighted by molar-refractivity contribution is 7.15. The molecule has 0 spiro atoms. The Morgan fingerprint density at radius 1 is 1.34 bits per heavy atom. The number of nitrogens with zero attached hydrogens (tertiary/aromatic N) is 2. The molecule has 0 aliphatic carbocycles. The Morgan fingerprint density at radius 3 is 2.83 bits per heavy atom. The van der Waals surface area contributed by atoms with Gasteiger partial charge < -0.3 is 14.4 Å². The molecule has 0 fully saturated rings. The number of rotatable bonds is 5. The zero-order chi connectivity index (χ0) is 21.0. The van der Waals surface area contributed by atoms with Gasteiger partial charge >= 0.3 is 6.09 Å². The van der Waals surface area contributed by atoms with Gasteiger partial charge in [-0.05, 0) is 32.9 Å². The predicted octanol–water partition coefficient (Wildman–Crippen LogP) is 4.25. The minimum atomic E-state index is -0.536. The van der Waals surface area contributed by atoms with Gasteiger partial charge in [-0.25, -0.2) is 9.78 Å². The average Bonchev–Trinajstić information content (AvgIpc) is 3.06. The van der Waals surface area contributed by atoms with Gasteiger partial charge in [-0.15, -0.1) is 0 Å². The standard InChI is InChI=1S/C21H25N3O4S/c1-5-12-27-16-9-7-6-8-14(16)18(25)23-19-22-15-10-11-24(13-17(15)29-19)20(26)28-21(2,3)4/h5-9H,1,10-13H2,2-4H3,(H,22,23,25). The molecule has 7 nitrogen and oxygen atoms in total. The minimum Gasteiger partial charge on any atom is -0.489 e. The molecule has 0 atom stereocenters. The molecule has 8 heteroatoms. The number of anilines is 1. The third-order valence-electron chi connectivity index (χ3n) is 4.09. The summed E-state index contributed by atoms with van der Waals surface area (Å²) in [6.45, 7) is 10.4. The van der Waals surface area contributed by atoms with Crippen molar-refractivity contribution in [1.29, 1.82) is 0 Å². The quantitative estimate of drug-likeness (QED) is 0.738. The largest absolute Gasteiger partial charge is 0.489 e. The third kappa shape index (κ3) is 5.35. The van der Waals surface area contributed by atoms with Gasteiger partial charge in [0, 0.05) is 17.8 Å². The molecule has 0 saturated heterocycles. The number of thiazole rings is 1. The monoisotopic (exact) mass is 415 g/mol. The summed E-state index contributed by atoms with van der Waals surface area (Å²) < 4.78 is 11.0. The highest BCUT2D eigenvalue weighted by Gasteiger charge is 2.28. The van der Waals surface area contributed by atoms with Crippen LogP contribution in [0.4, 0.5) is 9.93 Å². The van der Waals surface area contributed by atoms with E-state index in [1.54, 1.807) is 29.2 Å². The van der Waals surface area contributed by atoms with Crippen LogP contribution >= 0.6 is 11.3 Å². The smallest absolute Gasteiger partial charge is 0.410 e. The van der Waals surface area contributed by atoms with Crippen molar-refractivity contribution >= 4 is 28.5 Å². The molecule has 3 rings (SSSR count). The number of carbonyl (C=O) groups excluding carboxylic acids is 2. The molecular formula is C21H25N3O4S. The first-order chi connectivity index (χ1) is 13.8. The summed E-state index contributed by atoms with van der Waals surface area (Å²) in [7, 11) is 0. The van der Waals surface area contributed by atoms with E-state index in [1.807, 2.05) is 26.8 Å². The van der Waals surface area contributed by atoms with Crippen LogP contribution in [0.5, 0.6) is 5.75 Å². The van der Waals surface area contributed by atoms with Gasteiger partial charge in [0.15, 0.2) is 5.13 Å². The van der Waals surface area contributed by atoms with Crippen LogP contribution in [0, 0.1) is 0 Å². The van der Waals surface area contributed by atoms with Gasteiger partial charge in [0.25, 0.3) is 5.91 Å². The molecule has 154 valence electrons. The van der Waals surface area contributed by atoms with Crippen molar-refractivity contribution in [3.05, 3.63) is 53.1 Å². The van der Waals surface area contributed by atoms with E-state index >= 15 is 0 Å². The SMILES string of the molecule is C=CCOc1ccccc1C(=O)Nc1nc2c(s1)CN(C(=O)OC(C)(C)C)CC2. The minimum absolute atomic E-state index is 0.292. The first-order valence-electron chi connectivity index (χ1n) is 9.37. The van der Waals surface area contributed by atoms with Crippen molar-refractivity contribution in [2.45, 2.75) is 39.3 Å². The second-order valence-electron chi connectivity index (χ2n) is 7.59. The Balaban J connectivity index is 1.69. The van der Waals surface area contributed by atoms with E-state index in [0.29, 0.717) is 42.6 Å². The lowest BCUT2D eigenvalue weighted by atomic mass is 10.2. The first-order valence-corrected chi connectivity index (χ1v) is 10.2. The lowest BCUT2D eigenvalue weighted by Gasteiger charge is -2.29. The normalized spacial score (nSPS) is 13.4. The maximum absolute atomic E-state index is 12.7. The van der Waals surface area contributed by atoms with Crippen LogP contribution in [-0.4, -0.2) is 40.6 Å². The van der Waals surface area contributed by atoms with E-state index in [9.17, 15) is 9.59 Å². The van der Waals surface area contributed by atoms with E-state index < -0.39 is 5.60 Å². The zero-order valence-electron chi connectivity index (χ0n) is 16.9. The maximum Gasteiger partial charge on any atom is 0.410 e. The van der Waals surface area contributed by atoms with Crippen LogP contribution < -0.4 is 10.1 Å². The summed E-state index contributed by atoms with van der Waals surface area (Å²) in [5, 5.41) is 3.35. The third-order valence-corrected chi connectivity index (χ3v) is 5.09. The van der Waals surface area contributed by atoms with Gasteiger partial charge in [0.05, 0.1) is 17.8 Å². The number of carbonyl (C=O) groups is 2. The molecular weight excluding hydrogens is 390 g/mol. The van der Waals surface area contributed by atoms with Gasteiger partial charge in [-0.2, -0.15) is 0 Å². The molecule has 1 N–H and O–H groups in total. The molecule has 1 aromatic carbocycles.